The van der Waals surface area contributed by atoms with Gasteiger partial charge in [0.1, 0.15) is 5.82 Å². The first-order valence-electron chi connectivity index (χ1n) is 6.25. The van der Waals surface area contributed by atoms with E-state index in [1.54, 1.807) is 19.4 Å². The lowest BCUT2D eigenvalue weighted by Gasteiger charge is -2.19. The fourth-order valence-electron chi connectivity index (χ4n) is 2.13. The highest BCUT2D eigenvalue weighted by Gasteiger charge is 2.17. The van der Waals surface area contributed by atoms with Crippen molar-refractivity contribution in [2.45, 2.75) is 12.5 Å². The molecule has 3 nitrogen and oxygen atoms in total. The van der Waals surface area contributed by atoms with Gasteiger partial charge in [0, 0.05) is 22.3 Å². The van der Waals surface area contributed by atoms with Crippen molar-refractivity contribution in [2.24, 2.45) is 0 Å². The van der Waals surface area contributed by atoms with Crippen LogP contribution in [0.2, 0.25) is 0 Å². The van der Waals surface area contributed by atoms with E-state index in [9.17, 15) is 4.39 Å². The lowest BCUT2D eigenvalue weighted by molar-refractivity contribution is 0.384. The second-order valence-corrected chi connectivity index (χ2v) is 5.24. The minimum absolute atomic E-state index is 0.00301. The molecule has 2 rings (SSSR count). The quantitative estimate of drug-likeness (QED) is 0.905. The number of hydrogen-bond acceptors (Lipinski definition) is 3. The number of rotatable bonds is 5. The molecule has 1 aromatic carbocycles. The van der Waals surface area contributed by atoms with Crippen LogP contribution in [0.15, 0.2) is 41.0 Å². The van der Waals surface area contributed by atoms with Gasteiger partial charge < -0.3 is 10.1 Å². The molecule has 20 heavy (non-hydrogen) atoms. The zero-order valence-electron chi connectivity index (χ0n) is 11.4. The lowest BCUT2D eigenvalue weighted by atomic mass is 10.00. The van der Waals surface area contributed by atoms with Gasteiger partial charge in [0.25, 0.3) is 0 Å². The van der Waals surface area contributed by atoms with Crippen molar-refractivity contribution in [3.63, 3.8) is 0 Å². The summed E-state index contributed by atoms with van der Waals surface area (Å²) in [4.78, 5) is 4.20. The molecule has 0 aliphatic rings. The zero-order valence-corrected chi connectivity index (χ0v) is 12.9. The van der Waals surface area contributed by atoms with Crippen LogP contribution in [-0.4, -0.2) is 19.1 Å². The Morgan fingerprint density at radius 3 is 2.90 bits per heavy atom. The summed E-state index contributed by atoms with van der Waals surface area (Å²) in [7, 11) is 3.46. The topological polar surface area (TPSA) is 34.2 Å². The number of nitrogens with zero attached hydrogens (tertiary/aromatic N) is 1. The highest BCUT2D eigenvalue weighted by molar-refractivity contribution is 9.10. The second-order valence-electron chi connectivity index (χ2n) is 4.38. The summed E-state index contributed by atoms with van der Waals surface area (Å²) in [5.74, 6) is 0.343. The number of pyridine rings is 1. The fraction of sp³-hybridized carbons (Fsp3) is 0.267. The van der Waals surface area contributed by atoms with Crippen molar-refractivity contribution in [3.8, 4) is 5.88 Å². The molecular weight excluding hydrogens is 323 g/mol. The number of hydrogen-bond donors (Lipinski definition) is 1. The van der Waals surface area contributed by atoms with Crippen LogP contribution < -0.4 is 10.1 Å². The Hall–Kier alpha value is -1.46. The average molecular weight is 339 g/mol. The van der Waals surface area contributed by atoms with Crippen molar-refractivity contribution in [1.82, 2.24) is 10.3 Å². The standard InChI is InChI=1S/C15H16BrFN2O/c1-18-14(12-4-3-7-19-15(12)20-2)9-10-8-11(17)5-6-13(10)16/h3-8,14,18H,9H2,1-2H3. The Labute approximate surface area is 126 Å². The summed E-state index contributed by atoms with van der Waals surface area (Å²) < 4.78 is 19.5. The van der Waals surface area contributed by atoms with Crippen LogP contribution in [0.5, 0.6) is 5.88 Å². The molecule has 2 aromatic rings. The molecule has 0 radical (unpaired) electrons. The monoisotopic (exact) mass is 338 g/mol. The summed E-state index contributed by atoms with van der Waals surface area (Å²) in [6, 6.07) is 8.52. The Morgan fingerprint density at radius 2 is 2.20 bits per heavy atom. The molecule has 0 aliphatic heterocycles. The second kappa shape index (κ2) is 6.81. The molecule has 1 unspecified atom stereocenters. The highest BCUT2D eigenvalue weighted by Crippen LogP contribution is 2.28. The van der Waals surface area contributed by atoms with Gasteiger partial charge in [-0.2, -0.15) is 0 Å². The predicted molar refractivity (Wildman–Crippen MR) is 80.4 cm³/mol. The number of likely N-dealkylation sites (N-methyl/N-ethyl adjacent to an activating group) is 1. The van der Waals surface area contributed by atoms with Crippen LogP contribution in [0.3, 0.4) is 0 Å². The lowest BCUT2D eigenvalue weighted by Crippen LogP contribution is -2.20. The van der Waals surface area contributed by atoms with E-state index in [1.165, 1.54) is 12.1 Å². The maximum Gasteiger partial charge on any atom is 0.217 e. The predicted octanol–water partition coefficient (Wildman–Crippen LogP) is 3.50. The number of methoxy groups -OCH3 is 1. The van der Waals surface area contributed by atoms with E-state index in [-0.39, 0.29) is 11.9 Å². The number of benzene rings is 1. The van der Waals surface area contributed by atoms with Gasteiger partial charge >= 0.3 is 0 Å². The SMILES string of the molecule is CNC(Cc1cc(F)ccc1Br)c1cccnc1OC. The van der Waals surface area contributed by atoms with Gasteiger partial charge in [0.15, 0.2) is 0 Å². The summed E-state index contributed by atoms with van der Waals surface area (Å²) >= 11 is 3.45. The van der Waals surface area contributed by atoms with E-state index in [4.69, 9.17) is 4.74 Å². The normalized spacial score (nSPS) is 12.2. The first-order chi connectivity index (χ1) is 9.65. The molecule has 5 heteroatoms. The number of halogens is 2. The maximum atomic E-state index is 13.4. The summed E-state index contributed by atoms with van der Waals surface area (Å²) in [6.45, 7) is 0. The van der Waals surface area contributed by atoms with Crippen LogP contribution in [0.4, 0.5) is 4.39 Å². The van der Waals surface area contributed by atoms with E-state index in [1.807, 2.05) is 19.2 Å². The van der Waals surface area contributed by atoms with Gasteiger partial charge in [0.05, 0.1) is 7.11 Å². The molecule has 0 aliphatic carbocycles. The first kappa shape index (κ1) is 14.9. The zero-order chi connectivity index (χ0) is 14.5. The molecule has 0 saturated heterocycles. The van der Waals surface area contributed by atoms with Gasteiger partial charge in [-0.15, -0.1) is 0 Å². The van der Waals surface area contributed by atoms with E-state index >= 15 is 0 Å². The van der Waals surface area contributed by atoms with Gasteiger partial charge in [0.2, 0.25) is 5.88 Å². The largest absolute Gasteiger partial charge is 0.481 e. The van der Waals surface area contributed by atoms with Crippen LogP contribution in [0.1, 0.15) is 17.2 Å². The molecule has 0 spiro atoms. The van der Waals surface area contributed by atoms with Gasteiger partial charge in [-0.1, -0.05) is 22.0 Å². The molecule has 0 bridgehead atoms. The molecule has 0 saturated carbocycles. The fourth-order valence-corrected chi connectivity index (χ4v) is 2.53. The first-order valence-corrected chi connectivity index (χ1v) is 7.05. The van der Waals surface area contributed by atoms with Gasteiger partial charge in [-0.3, -0.25) is 0 Å². The summed E-state index contributed by atoms with van der Waals surface area (Å²) in [5.41, 5.74) is 1.85. The molecule has 0 fully saturated rings. The third kappa shape index (κ3) is 3.35. The Bertz CT molecular complexity index is 592. The van der Waals surface area contributed by atoms with Crippen molar-refractivity contribution >= 4 is 15.9 Å². The molecule has 106 valence electrons. The number of aromatic nitrogens is 1. The van der Waals surface area contributed by atoms with Crippen molar-refractivity contribution < 1.29 is 9.13 Å². The molecule has 1 N–H and O–H groups in total. The van der Waals surface area contributed by atoms with Gasteiger partial charge in [-0.25, -0.2) is 9.37 Å². The van der Waals surface area contributed by atoms with Crippen molar-refractivity contribution in [3.05, 3.63) is 57.9 Å². The number of ether oxygens (including phenoxy) is 1. The van der Waals surface area contributed by atoms with E-state index in [2.05, 4.69) is 26.2 Å². The van der Waals surface area contributed by atoms with Crippen LogP contribution in [0.25, 0.3) is 0 Å². The van der Waals surface area contributed by atoms with Crippen LogP contribution in [0, 0.1) is 5.82 Å². The number of nitrogens with one attached hydrogen (secondary N) is 1. The Morgan fingerprint density at radius 1 is 1.40 bits per heavy atom. The molecule has 1 aromatic heterocycles. The summed E-state index contributed by atoms with van der Waals surface area (Å²) in [6.07, 6.45) is 2.32. The molecule has 1 atom stereocenters. The van der Waals surface area contributed by atoms with E-state index in [0.29, 0.717) is 12.3 Å². The third-order valence-corrected chi connectivity index (χ3v) is 3.92. The molecular formula is C15H16BrFN2O. The van der Waals surface area contributed by atoms with Crippen LogP contribution >= 0.6 is 15.9 Å². The molecule has 0 amide bonds. The Kier molecular flexibility index (Phi) is 5.09. The minimum Gasteiger partial charge on any atom is -0.481 e. The smallest absolute Gasteiger partial charge is 0.217 e. The van der Waals surface area contributed by atoms with Gasteiger partial charge in [-0.05, 0) is 43.3 Å². The highest BCUT2D eigenvalue weighted by atomic mass is 79.9. The van der Waals surface area contributed by atoms with E-state index < -0.39 is 0 Å². The maximum absolute atomic E-state index is 13.4. The Balaban J connectivity index is 2.31. The van der Waals surface area contributed by atoms with E-state index in [0.717, 1.165) is 15.6 Å². The molecule has 1 heterocycles. The average Bonchev–Trinajstić information content (AvgIpc) is 2.48. The van der Waals surface area contributed by atoms with Crippen LogP contribution in [-0.2, 0) is 6.42 Å². The van der Waals surface area contributed by atoms with Crippen molar-refractivity contribution in [2.75, 3.05) is 14.2 Å². The summed E-state index contributed by atoms with van der Waals surface area (Å²) in [5, 5.41) is 3.22. The third-order valence-electron chi connectivity index (χ3n) is 3.15. The van der Waals surface area contributed by atoms with Crippen molar-refractivity contribution in [1.29, 1.82) is 0 Å². The minimum atomic E-state index is -0.240.